The molecule has 0 aromatic carbocycles. The molecule has 0 aliphatic carbocycles. The largest absolute Gasteiger partial charge is 0.342 e. The lowest BCUT2D eigenvalue weighted by molar-refractivity contribution is -0.135. The minimum Gasteiger partial charge on any atom is -0.342 e. The molecule has 0 radical (unpaired) electrons. The standard InChI is InChI=1S/C12H22N2OS/c1-9(2)11(8-13)12(15)14(4)10(3)6-7-16-5/h9-11H,6-7H2,1-5H3. The number of rotatable bonds is 6. The Hall–Kier alpha value is -0.690. The zero-order valence-electron chi connectivity index (χ0n) is 10.9. The van der Waals surface area contributed by atoms with Crippen LogP contribution in [-0.4, -0.2) is 35.9 Å². The smallest absolute Gasteiger partial charge is 0.240 e. The average Bonchev–Trinajstić information content (AvgIpc) is 2.24. The highest BCUT2D eigenvalue weighted by atomic mass is 32.2. The van der Waals surface area contributed by atoms with Crippen LogP contribution in [0.3, 0.4) is 0 Å². The molecule has 4 heteroatoms. The Labute approximate surface area is 103 Å². The third-order valence-electron chi connectivity index (χ3n) is 2.82. The fourth-order valence-corrected chi connectivity index (χ4v) is 1.98. The second kappa shape index (κ2) is 7.56. The summed E-state index contributed by atoms with van der Waals surface area (Å²) >= 11 is 1.78. The monoisotopic (exact) mass is 242 g/mol. The van der Waals surface area contributed by atoms with Gasteiger partial charge in [-0.1, -0.05) is 13.8 Å². The molecule has 0 aromatic rings. The van der Waals surface area contributed by atoms with E-state index in [1.165, 1.54) is 0 Å². The summed E-state index contributed by atoms with van der Waals surface area (Å²) in [6.07, 6.45) is 3.03. The van der Waals surface area contributed by atoms with Gasteiger partial charge in [-0.25, -0.2) is 0 Å². The molecule has 0 aliphatic heterocycles. The van der Waals surface area contributed by atoms with Crippen molar-refractivity contribution in [2.75, 3.05) is 19.1 Å². The fraction of sp³-hybridized carbons (Fsp3) is 0.833. The predicted octanol–water partition coefficient (Wildman–Crippen LogP) is 2.38. The van der Waals surface area contributed by atoms with Crippen LogP contribution in [0.15, 0.2) is 0 Å². The van der Waals surface area contributed by atoms with E-state index in [0.717, 1.165) is 12.2 Å². The molecular weight excluding hydrogens is 220 g/mol. The SMILES string of the molecule is CSCCC(C)N(C)C(=O)C(C#N)C(C)C. The molecule has 92 valence electrons. The van der Waals surface area contributed by atoms with E-state index in [0.29, 0.717) is 0 Å². The Morgan fingerprint density at radius 3 is 2.38 bits per heavy atom. The van der Waals surface area contributed by atoms with E-state index in [4.69, 9.17) is 5.26 Å². The number of amides is 1. The molecule has 3 nitrogen and oxygen atoms in total. The fourth-order valence-electron chi connectivity index (χ4n) is 1.41. The molecule has 2 unspecified atom stereocenters. The van der Waals surface area contributed by atoms with E-state index in [2.05, 4.69) is 12.3 Å². The first-order chi connectivity index (χ1) is 7.45. The lowest BCUT2D eigenvalue weighted by Gasteiger charge is -2.27. The number of nitrogens with zero attached hydrogens (tertiary/aromatic N) is 2. The Kier molecular flexibility index (Phi) is 7.24. The number of nitriles is 1. The quantitative estimate of drug-likeness (QED) is 0.718. The van der Waals surface area contributed by atoms with E-state index in [9.17, 15) is 4.79 Å². The summed E-state index contributed by atoms with van der Waals surface area (Å²) in [5.41, 5.74) is 0. The lowest BCUT2D eigenvalue weighted by Crippen LogP contribution is -2.40. The summed E-state index contributed by atoms with van der Waals surface area (Å²) in [5, 5.41) is 8.97. The Balaban J connectivity index is 4.42. The van der Waals surface area contributed by atoms with Gasteiger partial charge < -0.3 is 4.90 Å². The van der Waals surface area contributed by atoms with Crippen LogP contribution in [-0.2, 0) is 4.79 Å². The molecule has 0 saturated heterocycles. The number of carbonyl (C=O) groups excluding carboxylic acids is 1. The summed E-state index contributed by atoms with van der Waals surface area (Å²) in [4.78, 5) is 13.7. The predicted molar refractivity (Wildman–Crippen MR) is 69.2 cm³/mol. The van der Waals surface area contributed by atoms with Crippen LogP contribution in [0.25, 0.3) is 0 Å². The number of thioether (sulfide) groups is 1. The third-order valence-corrected chi connectivity index (χ3v) is 3.46. The minimum absolute atomic E-state index is 0.0499. The van der Waals surface area contributed by atoms with Crippen LogP contribution in [0.1, 0.15) is 27.2 Å². The summed E-state index contributed by atoms with van der Waals surface area (Å²) in [5.74, 6) is 0.554. The molecule has 0 rings (SSSR count). The first-order valence-corrected chi connectivity index (χ1v) is 7.00. The van der Waals surface area contributed by atoms with Crippen LogP contribution in [0, 0.1) is 23.2 Å². The zero-order valence-corrected chi connectivity index (χ0v) is 11.7. The second-order valence-electron chi connectivity index (χ2n) is 4.43. The highest BCUT2D eigenvalue weighted by Crippen LogP contribution is 2.15. The van der Waals surface area contributed by atoms with E-state index in [1.54, 1.807) is 23.7 Å². The normalized spacial score (nSPS) is 14.3. The molecule has 2 atom stereocenters. The molecule has 0 saturated carbocycles. The Bertz CT molecular complexity index is 260. The molecular formula is C12H22N2OS. The minimum atomic E-state index is -0.512. The molecule has 0 N–H and O–H groups in total. The van der Waals surface area contributed by atoms with Gasteiger partial charge in [0.1, 0.15) is 5.92 Å². The molecule has 0 fully saturated rings. The first kappa shape index (κ1) is 15.3. The van der Waals surface area contributed by atoms with E-state index in [1.807, 2.05) is 20.8 Å². The maximum Gasteiger partial charge on any atom is 0.240 e. The van der Waals surface area contributed by atoms with Crippen molar-refractivity contribution in [3.8, 4) is 6.07 Å². The van der Waals surface area contributed by atoms with Crippen molar-refractivity contribution < 1.29 is 4.79 Å². The van der Waals surface area contributed by atoms with Crippen molar-refractivity contribution in [3.63, 3.8) is 0 Å². The van der Waals surface area contributed by atoms with Gasteiger partial charge in [0.2, 0.25) is 5.91 Å². The maximum atomic E-state index is 12.0. The highest BCUT2D eigenvalue weighted by molar-refractivity contribution is 7.98. The molecule has 16 heavy (non-hydrogen) atoms. The van der Waals surface area contributed by atoms with Gasteiger partial charge in [0.15, 0.2) is 0 Å². The van der Waals surface area contributed by atoms with Crippen LogP contribution in [0.5, 0.6) is 0 Å². The van der Waals surface area contributed by atoms with Crippen molar-refractivity contribution in [2.24, 2.45) is 11.8 Å². The topological polar surface area (TPSA) is 44.1 Å². The van der Waals surface area contributed by atoms with Gasteiger partial charge >= 0.3 is 0 Å². The summed E-state index contributed by atoms with van der Waals surface area (Å²) in [6.45, 7) is 5.85. The maximum absolute atomic E-state index is 12.0. The first-order valence-electron chi connectivity index (χ1n) is 5.60. The molecule has 1 amide bonds. The zero-order chi connectivity index (χ0) is 12.7. The van der Waals surface area contributed by atoms with Crippen LogP contribution in [0.2, 0.25) is 0 Å². The van der Waals surface area contributed by atoms with E-state index >= 15 is 0 Å². The average molecular weight is 242 g/mol. The van der Waals surface area contributed by atoms with Crippen molar-refractivity contribution >= 4 is 17.7 Å². The number of carbonyl (C=O) groups is 1. The summed E-state index contributed by atoms with van der Waals surface area (Å²) in [7, 11) is 1.79. The van der Waals surface area contributed by atoms with E-state index in [-0.39, 0.29) is 17.9 Å². The van der Waals surface area contributed by atoms with Crippen molar-refractivity contribution in [2.45, 2.75) is 33.2 Å². The van der Waals surface area contributed by atoms with Gasteiger partial charge in [-0.05, 0) is 31.3 Å². The van der Waals surface area contributed by atoms with Crippen LogP contribution >= 0.6 is 11.8 Å². The van der Waals surface area contributed by atoms with Gasteiger partial charge in [-0.2, -0.15) is 17.0 Å². The molecule has 0 aromatic heterocycles. The Morgan fingerprint density at radius 2 is 2.00 bits per heavy atom. The summed E-state index contributed by atoms with van der Waals surface area (Å²) < 4.78 is 0. The van der Waals surface area contributed by atoms with Crippen molar-refractivity contribution in [3.05, 3.63) is 0 Å². The second-order valence-corrected chi connectivity index (χ2v) is 5.42. The van der Waals surface area contributed by atoms with Gasteiger partial charge in [-0.15, -0.1) is 0 Å². The van der Waals surface area contributed by atoms with Gasteiger partial charge in [0.25, 0.3) is 0 Å². The molecule has 0 aliphatic rings. The molecule has 0 spiro atoms. The Morgan fingerprint density at radius 1 is 1.44 bits per heavy atom. The van der Waals surface area contributed by atoms with Crippen LogP contribution in [0.4, 0.5) is 0 Å². The highest BCUT2D eigenvalue weighted by Gasteiger charge is 2.27. The molecule has 0 heterocycles. The number of hydrogen-bond acceptors (Lipinski definition) is 3. The van der Waals surface area contributed by atoms with E-state index < -0.39 is 5.92 Å². The van der Waals surface area contributed by atoms with Gasteiger partial charge in [0.05, 0.1) is 6.07 Å². The van der Waals surface area contributed by atoms with Crippen molar-refractivity contribution in [1.82, 2.24) is 4.90 Å². The van der Waals surface area contributed by atoms with Crippen LogP contribution < -0.4 is 0 Å². The number of hydrogen-bond donors (Lipinski definition) is 0. The molecule has 0 bridgehead atoms. The van der Waals surface area contributed by atoms with Gasteiger partial charge in [0, 0.05) is 13.1 Å². The van der Waals surface area contributed by atoms with Gasteiger partial charge in [-0.3, -0.25) is 4.79 Å². The summed E-state index contributed by atoms with van der Waals surface area (Å²) in [6, 6.07) is 2.30. The lowest BCUT2D eigenvalue weighted by atomic mass is 9.95. The van der Waals surface area contributed by atoms with Crippen molar-refractivity contribution in [1.29, 1.82) is 5.26 Å². The third kappa shape index (κ3) is 4.44.